The molecule has 1 aromatic carbocycles. The number of carbonyl (C=O) groups excluding carboxylic acids is 1. The van der Waals surface area contributed by atoms with Crippen molar-refractivity contribution in [1.82, 2.24) is 5.32 Å². The molecule has 3 nitrogen and oxygen atoms in total. The van der Waals surface area contributed by atoms with Crippen molar-refractivity contribution in [3.8, 4) is 0 Å². The molecule has 1 heterocycles. The highest BCUT2D eigenvalue weighted by Crippen LogP contribution is 2.15. The van der Waals surface area contributed by atoms with E-state index < -0.39 is 0 Å². The van der Waals surface area contributed by atoms with Crippen molar-refractivity contribution in [2.45, 2.75) is 13.3 Å². The molecule has 1 aromatic heterocycles. The van der Waals surface area contributed by atoms with Crippen LogP contribution in [-0.4, -0.2) is 12.6 Å². The third kappa shape index (κ3) is 4.06. The molecule has 2 amide bonds. The van der Waals surface area contributed by atoms with Crippen LogP contribution in [0.5, 0.6) is 0 Å². The maximum absolute atomic E-state index is 13.1. The van der Waals surface area contributed by atoms with Crippen molar-refractivity contribution < 1.29 is 9.18 Å². The van der Waals surface area contributed by atoms with Crippen LogP contribution in [0.2, 0.25) is 0 Å². The molecule has 0 bridgehead atoms. The van der Waals surface area contributed by atoms with Crippen molar-refractivity contribution in [2.24, 2.45) is 0 Å². The Bertz CT molecular complexity index is 555. The number of urea groups is 1. The second kappa shape index (κ2) is 6.33. The Morgan fingerprint density at radius 2 is 2.21 bits per heavy atom. The van der Waals surface area contributed by atoms with Crippen LogP contribution in [0.25, 0.3) is 0 Å². The minimum Gasteiger partial charge on any atom is -0.338 e. The number of benzene rings is 1. The second-order valence-electron chi connectivity index (χ2n) is 4.17. The maximum Gasteiger partial charge on any atom is 0.319 e. The lowest BCUT2D eigenvalue weighted by Gasteiger charge is -2.09. The summed E-state index contributed by atoms with van der Waals surface area (Å²) in [4.78, 5) is 12.9. The van der Waals surface area contributed by atoms with Crippen molar-refractivity contribution in [2.75, 3.05) is 11.9 Å². The minimum atomic E-state index is -0.362. The van der Waals surface area contributed by atoms with E-state index in [-0.39, 0.29) is 11.8 Å². The quantitative estimate of drug-likeness (QED) is 0.882. The molecule has 100 valence electrons. The topological polar surface area (TPSA) is 41.1 Å². The number of amides is 2. The summed E-state index contributed by atoms with van der Waals surface area (Å²) in [5.74, 6) is -0.362. The predicted octanol–water partition coefficient (Wildman–Crippen LogP) is 3.56. The van der Waals surface area contributed by atoms with Gasteiger partial charge in [-0.1, -0.05) is 12.1 Å². The fourth-order valence-corrected chi connectivity index (χ4v) is 2.36. The monoisotopic (exact) mass is 278 g/mol. The number of thiophene rings is 1. The summed E-state index contributed by atoms with van der Waals surface area (Å²) in [5, 5.41) is 7.40. The Morgan fingerprint density at radius 1 is 1.37 bits per heavy atom. The van der Waals surface area contributed by atoms with Crippen LogP contribution < -0.4 is 10.6 Å². The summed E-state index contributed by atoms with van der Waals surface area (Å²) in [7, 11) is 0. The Labute approximate surface area is 115 Å². The van der Waals surface area contributed by atoms with Gasteiger partial charge in [0.05, 0.1) is 0 Å². The summed E-state index contributed by atoms with van der Waals surface area (Å²) < 4.78 is 13.1. The van der Waals surface area contributed by atoms with Crippen LogP contribution in [0.4, 0.5) is 14.9 Å². The zero-order valence-corrected chi connectivity index (χ0v) is 11.4. The van der Waals surface area contributed by atoms with E-state index in [0.29, 0.717) is 12.2 Å². The number of rotatable bonds is 4. The molecule has 2 rings (SSSR count). The Morgan fingerprint density at radius 3 is 2.95 bits per heavy atom. The molecule has 0 aliphatic heterocycles. The number of carbonyl (C=O) groups is 1. The summed E-state index contributed by atoms with van der Waals surface area (Å²) in [6.45, 7) is 2.38. The SMILES string of the molecule is Cc1ccc(F)cc1NC(=O)NCCc1cccs1. The molecule has 0 spiro atoms. The number of hydrogen-bond donors (Lipinski definition) is 2. The molecule has 0 fully saturated rings. The third-order valence-corrected chi connectivity index (χ3v) is 3.62. The minimum absolute atomic E-state index is 0.315. The molecule has 2 N–H and O–H groups in total. The van der Waals surface area contributed by atoms with Gasteiger partial charge in [0.2, 0.25) is 0 Å². The van der Waals surface area contributed by atoms with Gasteiger partial charge in [0.15, 0.2) is 0 Å². The van der Waals surface area contributed by atoms with Crippen LogP contribution in [0.1, 0.15) is 10.4 Å². The molecule has 0 aliphatic rings. The average molecular weight is 278 g/mol. The largest absolute Gasteiger partial charge is 0.338 e. The van der Waals surface area contributed by atoms with Crippen molar-refractivity contribution >= 4 is 23.1 Å². The highest BCUT2D eigenvalue weighted by Gasteiger charge is 2.05. The van der Waals surface area contributed by atoms with Gasteiger partial charge in [-0.05, 0) is 42.5 Å². The van der Waals surface area contributed by atoms with Crippen LogP contribution in [0.3, 0.4) is 0 Å². The number of halogens is 1. The van der Waals surface area contributed by atoms with Crippen LogP contribution in [0, 0.1) is 12.7 Å². The lowest BCUT2D eigenvalue weighted by molar-refractivity contribution is 0.252. The van der Waals surface area contributed by atoms with E-state index in [1.807, 2.05) is 24.4 Å². The molecule has 0 atom stereocenters. The Hall–Kier alpha value is -1.88. The average Bonchev–Trinajstić information content (AvgIpc) is 2.87. The molecule has 0 radical (unpaired) electrons. The highest BCUT2D eigenvalue weighted by atomic mass is 32.1. The fraction of sp³-hybridized carbons (Fsp3) is 0.214. The van der Waals surface area contributed by atoms with Gasteiger partial charge in [-0.2, -0.15) is 0 Å². The Balaban J connectivity index is 1.82. The lowest BCUT2D eigenvalue weighted by atomic mass is 10.2. The van der Waals surface area contributed by atoms with E-state index in [0.717, 1.165) is 12.0 Å². The summed E-state index contributed by atoms with van der Waals surface area (Å²) in [6.07, 6.45) is 0.799. The van der Waals surface area contributed by atoms with E-state index in [1.165, 1.54) is 17.0 Å². The first-order chi connectivity index (χ1) is 9.15. The zero-order valence-electron chi connectivity index (χ0n) is 10.6. The van der Waals surface area contributed by atoms with Gasteiger partial charge in [-0.25, -0.2) is 9.18 Å². The molecular formula is C14H15FN2OS. The van der Waals surface area contributed by atoms with Gasteiger partial charge in [0.25, 0.3) is 0 Å². The van der Waals surface area contributed by atoms with E-state index >= 15 is 0 Å². The number of anilines is 1. The third-order valence-electron chi connectivity index (χ3n) is 2.68. The summed E-state index contributed by atoms with van der Waals surface area (Å²) in [6, 6.07) is 8.02. The molecule has 0 saturated heterocycles. The van der Waals surface area contributed by atoms with Gasteiger partial charge in [0.1, 0.15) is 5.82 Å². The van der Waals surface area contributed by atoms with Gasteiger partial charge in [-0.3, -0.25) is 0 Å². The van der Waals surface area contributed by atoms with Gasteiger partial charge in [0, 0.05) is 17.1 Å². The van der Waals surface area contributed by atoms with E-state index in [2.05, 4.69) is 10.6 Å². The Kier molecular flexibility index (Phi) is 4.52. The van der Waals surface area contributed by atoms with E-state index in [1.54, 1.807) is 17.4 Å². The molecule has 5 heteroatoms. The molecule has 0 saturated carbocycles. The lowest BCUT2D eigenvalue weighted by Crippen LogP contribution is -2.30. The predicted molar refractivity (Wildman–Crippen MR) is 76.2 cm³/mol. The molecule has 19 heavy (non-hydrogen) atoms. The van der Waals surface area contributed by atoms with Crippen molar-refractivity contribution in [3.63, 3.8) is 0 Å². The first kappa shape index (κ1) is 13.5. The van der Waals surface area contributed by atoms with Gasteiger partial charge < -0.3 is 10.6 Å². The van der Waals surface area contributed by atoms with Crippen LogP contribution in [0.15, 0.2) is 35.7 Å². The van der Waals surface area contributed by atoms with Crippen molar-refractivity contribution in [1.29, 1.82) is 0 Å². The van der Waals surface area contributed by atoms with Crippen LogP contribution >= 0.6 is 11.3 Å². The summed E-state index contributed by atoms with van der Waals surface area (Å²) >= 11 is 1.66. The zero-order chi connectivity index (χ0) is 13.7. The molecule has 0 aliphatic carbocycles. The van der Waals surface area contributed by atoms with Crippen molar-refractivity contribution in [3.05, 3.63) is 52.0 Å². The smallest absolute Gasteiger partial charge is 0.319 e. The molecule has 2 aromatic rings. The number of hydrogen-bond acceptors (Lipinski definition) is 2. The second-order valence-corrected chi connectivity index (χ2v) is 5.20. The first-order valence-corrected chi connectivity index (χ1v) is 6.86. The summed E-state index contributed by atoms with van der Waals surface area (Å²) in [5.41, 5.74) is 1.32. The molecule has 0 unspecified atom stereocenters. The molecular weight excluding hydrogens is 263 g/mol. The first-order valence-electron chi connectivity index (χ1n) is 5.98. The standard InChI is InChI=1S/C14H15FN2OS/c1-10-4-5-11(15)9-13(10)17-14(18)16-7-6-12-3-2-8-19-12/h2-5,8-9H,6-7H2,1H3,(H2,16,17,18). The number of aryl methyl sites for hydroxylation is 1. The van der Waals surface area contributed by atoms with E-state index in [4.69, 9.17) is 0 Å². The number of nitrogens with one attached hydrogen (secondary N) is 2. The van der Waals surface area contributed by atoms with Gasteiger partial charge in [-0.15, -0.1) is 11.3 Å². The van der Waals surface area contributed by atoms with Crippen LogP contribution in [-0.2, 0) is 6.42 Å². The highest BCUT2D eigenvalue weighted by molar-refractivity contribution is 7.09. The fourth-order valence-electron chi connectivity index (χ4n) is 1.65. The van der Waals surface area contributed by atoms with Gasteiger partial charge >= 0.3 is 6.03 Å². The normalized spacial score (nSPS) is 10.2. The maximum atomic E-state index is 13.1. The van der Waals surface area contributed by atoms with E-state index in [9.17, 15) is 9.18 Å².